The highest BCUT2D eigenvalue weighted by Gasteiger charge is 2.10. The van der Waals surface area contributed by atoms with E-state index in [0.29, 0.717) is 11.0 Å². The molecule has 0 bridgehead atoms. The number of aromatic nitrogens is 4. The van der Waals surface area contributed by atoms with Gasteiger partial charge in [0.2, 0.25) is 0 Å². The van der Waals surface area contributed by atoms with E-state index in [-0.39, 0.29) is 6.04 Å². The summed E-state index contributed by atoms with van der Waals surface area (Å²) in [4.78, 5) is 12.7. The summed E-state index contributed by atoms with van der Waals surface area (Å²) in [5, 5.41) is 3.67. The average Bonchev–Trinajstić information content (AvgIpc) is 2.78. The van der Waals surface area contributed by atoms with Crippen LogP contribution in [-0.2, 0) is 6.54 Å². The van der Waals surface area contributed by atoms with Crippen LogP contribution in [0.3, 0.4) is 0 Å². The minimum atomic E-state index is 0.188. The molecule has 1 unspecified atom stereocenters. The van der Waals surface area contributed by atoms with Crippen molar-refractivity contribution in [1.82, 2.24) is 19.5 Å². The van der Waals surface area contributed by atoms with E-state index < -0.39 is 0 Å². The first-order valence-corrected chi connectivity index (χ1v) is 6.17. The summed E-state index contributed by atoms with van der Waals surface area (Å²) in [6, 6.07) is 0.188. The zero-order valence-electron chi connectivity index (χ0n) is 10.7. The molecule has 2 heterocycles. The number of nitrogens with zero attached hydrogens (tertiary/aromatic N) is 4. The molecule has 2 rings (SSSR count). The molecule has 6 heteroatoms. The van der Waals surface area contributed by atoms with Crippen molar-refractivity contribution in [2.75, 3.05) is 5.32 Å². The molecule has 0 aliphatic heterocycles. The normalized spacial score (nSPS) is 12.4. The number of anilines is 1. The van der Waals surface area contributed by atoms with E-state index in [9.17, 15) is 0 Å². The quantitative estimate of drug-likeness (QED) is 0.923. The fraction of sp³-hybridized carbons (Fsp3) is 0.417. The molecule has 0 aromatic carbocycles. The van der Waals surface area contributed by atoms with E-state index in [1.165, 1.54) is 0 Å². The molecule has 1 N–H and O–H groups in total. The van der Waals surface area contributed by atoms with Gasteiger partial charge < -0.3 is 9.88 Å². The summed E-state index contributed by atoms with van der Waals surface area (Å²) in [5.74, 6) is 0.632. The van der Waals surface area contributed by atoms with Crippen LogP contribution in [0.2, 0.25) is 5.15 Å². The lowest BCUT2D eigenvalue weighted by Crippen LogP contribution is -2.22. The van der Waals surface area contributed by atoms with Gasteiger partial charge in [0.1, 0.15) is 0 Å². The molecule has 0 fully saturated rings. The molecule has 0 saturated carbocycles. The Labute approximate surface area is 111 Å². The van der Waals surface area contributed by atoms with Gasteiger partial charge in [-0.2, -0.15) is 0 Å². The van der Waals surface area contributed by atoms with Gasteiger partial charge in [-0.25, -0.2) is 15.0 Å². The highest BCUT2D eigenvalue weighted by molar-refractivity contribution is 6.31. The topological polar surface area (TPSA) is 55.6 Å². The van der Waals surface area contributed by atoms with Gasteiger partial charge in [-0.1, -0.05) is 11.6 Å². The summed E-state index contributed by atoms with van der Waals surface area (Å²) in [6.07, 6.45) is 5.47. The number of nitrogens with one attached hydrogen (secondary N) is 1. The van der Waals surface area contributed by atoms with Gasteiger partial charge in [0, 0.05) is 25.0 Å². The maximum absolute atomic E-state index is 6.07. The van der Waals surface area contributed by atoms with Crippen molar-refractivity contribution in [2.45, 2.75) is 33.4 Å². The summed E-state index contributed by atoms with van der Waals surface area (Å²) >= 11 is 6.07. The van der Waals surface area contributed by atoms with Gasteiger partial charge in [-0.15, -0.1) is 0 Å². The number of halogens is 1. The molecule has 96 valence electrons. The summed E-state index contributed by atoms with van der Waals surface area (Å²) in [7, 11) is 0. The fourth-order valence-electron chi connectivity index (χ4n) is 1.66. The minimum absolute atomic E-state index is 0.188. The Bertz CT molecular complexity index is 524. The number of rotatable bonds is 4. The number of aryl methyl sites for hydroxylation is 2. The molecule has 0 spiro atoms. The Balaban J connectivity index is 2.07. The lowest BCUT2D eigenvalue weighted by molar-refractivity contribution is 0.616. The maximum atomic E-state index is 6.07. The Hall–Kier alpha value is -1.62. The van der Waals surface area contributed by atoms with E-state index in [2.05, 4.69) is 27.2 Å². The molecule has 5 nitrogen and oxygen atoms in total. The van der Waals surface area contributed by atoms with Gasteiger partial charge in [0.05, 0.1) is 17.7 Å². The molecule has 2 aromatic heterocycles. The molecule has 0 radical (unpaired) electrons. The first-order valence-electron chi connectivity index (χ1n) is 5.79. The van der Waals surface area contributed by atoms with Gasteiger partial charge in [0.15, 0.2) is 11.0 Å². The van der Waals surface area contributed by atoms with Crippen LogP contribution in [0.4, 0.5) is 5.82 Å². The standard InChI is InChI=1S/C12H16ClN5/c1-8(6-18-5-4-14-7-18)15-12-11(13)16-9(2)10(3)17-12/h4-5,7-8H,6H2,1-3H3,(H,15,17). The molecule has 18 heavy (non-hydrogen) atoms. The molecule has 1 atom stereocenters. The van der Waals surface area contributed by atoms with E-state index in [4.69, 9.17) is 11.6 Å². The van der Waals surface area contributed by atoms with Crippen molar-refractivity contribution < 1.29 is 0 Å². The van der Waals surface area contributed by atoms with Crippen LogP contribution in [0.25, 0.3) is 0 Å². The summed E-state index contributed by atoms with van der Waals surface area (Å²) < 4.78 is 2.00. The van der Waals surface area contributed by atoms with Gasteiger partial charge in [-0.3, -0.25) is 0 Å². The van der Waals surface area contributed by atoms with Crippen LogP contribution in [0, 0.1) is 13.8 Å². The Kier molecular flexibility index (Phi) is 3.81. The van der Waals surface area contributed by atoms with Gasteiger partial charge in [0.25, 0.3) is 0 Å². The van der Waals surface area contributed by atoms with Crippen LogP contribution >= 0.6 is 11.6 Å². The fourth-order valence-corrected chi connectivity index (χ4v) is 1.88. The first-order chi connectivity index (χ1) is 8.56. The van der Waals surface area contributed by atoms with Crippen LogP contribution in [-0.4, -0.2) is 25.6 Å². The second kappa shape index (κ2) is 5.35. The molecule has 0 saturated heterocycles. The minimum Gasteiger partial charge on any atom is -0.363 e. The van der Waals surface area contributed by atoms with Crippen molar-refractivity contribution in [3.63, 3.8) is 0 Å². The number of imidazole rings is 1. The molecule has 0 aliphatic carbocycles. The molecule has 0 aliphatic rings. The van der Waals surface area contributed by atoms with Crippen molar-refractivity contribution in [3.8, 4) is 0 Å². The second-order valence-electron chi connectivity index (χ2n) is 4.34. The lowest BCUT2D eigenvalue weighted by Gasteiger charge is -2.16. The van der Waals surface area contributed by atoms with Crippen LogP contribution in [0.15, 0.2) is 18.7 Å². The van der Waals surface area contributed by atoms with Crippen molar-refractivity contribution in [3.05, 3.63) is 35.3 Å². The van der Waals surface area contributed by atoms with Gasteiger partial charge >= 0.3 is 0 Å². The largest absolute Gasteiger partial charge is 0.363 e. The third-order valence-electron chi connectivity index (χ3n) is 2.69. The SMILES string of the molecule is Cc1nc(Cl)c(NC(C)Cn2ccnc2)nc1C. The number of hydrogen-bond acceptors (Lipinski definition) is 4. The smallest absolute Gasteiger partial charge is 0.171 e. The second-order valence-corrected chi connectivity index (χ2v) is 4.70. The zero-order valence-corrected chi connectivity index (χ0v) is 11.4. The first kappa shape index (κ1) is 12.8. The summed E-state index contributed by atoms with van der Waals surface area (Å²) in [5.41, 5.74) is 1.74. The number of hydrogen-bond donors (Lipinski definition) is 1. The predicted molar refractivity (Wildman–Crippen MR) is 71.8 cm³/mol. The van der Waals surface area contributed by atoms with Crippen LogP contribution < -0.4 is 5.32 Å². The average molecular weight is 266 g/mol. The van der Waals surface area contributed by atoms with E-state index in [1.807, 2.05) is 24.6 Å². The Morgan fingerprint density at radius 3 is 2.72 bits per heavy atom. The third kappa shape index (κ3) is 2.98. The highest BCUT2D eigenvalue weighted by atomic mass is 35.5. The predicted octanol–water partition coefficient (Wildman–Crippen LogP) is 2.44. The Morgan fingerprint density at radius 2 is 2.06 bits per heavy atom. The monoisotopic (exact) mass is 265 g/mol. The zero-order chi connectivity index (χ0) is 13.1. The molecule has 2 aromatic rings. The summed E-state index contributed by atoms with van der Waals surface area (Å²) in [6.45, 7) is 6.68. The Morgan fingerprint density at radius 1 is 1.33 bits per heavy atom. The van der Waals surface area contributed by atoms with E-state index >= 15 is 0 Å². The molecule has 0 amide bonds. The maximum Gasteiger partial charge on any atom is 0.171 e. The molecular formula is C12H16ClN5. The van der Waals surface area contributed by atoms with Crippen molar-refractivity contribution in [2.24, 2.45) is 0 Å². The van der Waals surface area contributed by atoms with E-state index in [1.54, 1.807) is 12.5 Å². The van der Waals surface area contributed by atoms with Crippen LogP contribution in [0.1, 0.15) is 18.3 Å². The van der Waals surface area contributed by atoms with Crippen molar-refractivity contribution in [1.29, 1.82) is 0 Å². The lowest BCUT2D eigenvalue weighted by atomic mass is 10.3. The van der Waals surface area contributed by atoms with E-state index in [0.717, 1.165) is 17.9 Å². The van der Waals surface area contributed by atoms with Gasteiger partial charge in [-0.05, 0) is 20.8 Å². The molecular weight excluding hydrogens is 250 g/mol. The third-order valence-corrected chi connectivity index (χ3v) is 2.95. The van der Waals surface area contributed by atoms with Crippen molar-refractivity contribution >= 4 is 17.4 Å². The van der Waals surface area contributed by atoms with Crippen LogP contribution in [0.5, 0.6) is 0 Å². The highest BCUT2D eigenvalue weighted by Crippen LogP contribution is 2.19.